The predicted octanol–water partition coefficient (Wildman–Crippen LogP) is 4.36. The van der Waals surface area contributed by atoms with Crippen LogP contribution in [0.1, 0.15) is 0 Å². The van der Waals surface area contributed by atoms with Crippen LogP contribution < -0.4 is 0 Å². The van der Waals surface area contributed by atoms with Gasteiger partial charge in [-0.3, -0.25) is 0 Å². The third-order valence-corrected chi connectivity index (χ3v) is 4.91. The van der Waals surface area contributed by atoms with Crippen molar-refractivity contribution < 1.29 is 0 Å². The summed E-state index contributed by atoms with van der Waals surface area (Å²) in [5.74, 6) is 0. The van der Waals surface area contributed by atoms with Crippen molar-refractivity contribution in [3.8, 4) is 0 Å². The van der Waals surface area contributed by atoms with Crippen LogP contribution in [0, 0.1) is 14.3 Å². The van der Waals surface area contributed by atoms with E-state index in [0.29, 0.717) is 14.3 Å². The van der Waals surface area contributed by atoms with E-state index in [1.54, 1.807) is 31.4 Å². The van der Waals surface area contributed by atoms with E-state index >= 15 is 0 Å². The second-order valence-electron chi connectivity index (χ2n) is 1.90. The molecule has 1 aliphatic rings. The highest BCUT2D eigenvalue weighted by atomic mass is 33.5. The number of hydrogen-bond donors (Lipinski definition) is 3. The van der Waals surface area contributed by atoms with Crippen molar-refractivity contribution in [2.75, 3.05) is 0 Å². The number of H-pyrrole nitrogens is 3. The summed E-state index contributed by atoms with van der Waals surface area (Å²) in [6.07, 6.45) is 0. The maximum absolute atomic E-state index is 4.72. The molecule has 0 bridgehead atoms. The summed E-state index contributed by atoms with van der Waals surface area (Å²) < 4.78 is 1.34. The van der Waals surface area contributed by atoms with E-state index in [1.165, 1.54) is 0 Å². The molecule has 3 N–H and O–H groups in total. The van der Waals surface area contributed by atoms with Gasteiger partial charge in [0.1, 0.15) is 0 Å². The lowest BCUT2D eigenvalue weighted by atomic mass is 11.1. The van der Waals surface area contributed by atoms with Gasteiger partial charge in [-0.2, -0.15) is 0 Å². The number of rotatable bonds is 0. The Morgan fingerprint density at radius 1 is 0.786 bits per heavy atom. The minimum atomic E-state index is 0.448. The summed E-state index contributed by atoms with van der Waals surface area (Å²) in [6, 6.07) is 0. The van der Waals surface area contributed by atoms with Crippen molar-refractivity contribution >= 4 is 68.1 Å². The van der Waals surface area contributed by atoms with Gasteiger partial charge in [0, 0.05) is 0 Å². The molecule has 0 spiro atoms. The van der Waals surface area contributed by atoms with Crippen molar-refractivity contribution in [3.05, 3.63) is 25.1 Å². The maximum atomic E-state index is 4.72. The van der Waals surface area contributed by atoms with Gasteiger partial charge in [-0.05, 0) is 57.3 Å². The predicted molar refractivity (Wildman–Crippen MR) is 73.9 cm³/mol. The molecule has 14 heavy (non-hydrogen) atoms. The molecule has 2 rings (SSSR count). The van der Waals surface area contributed by atoms with Gasteiger partial charge in [-0.1, -0.05) is 21.6 Å². The molecular formula is C5H5N3S6. The first kappa shape index (κ1) is 12.5. The van der Waals surface area contributed by atoms with Gasteiger partial charge in [0.25, 0.3) is 0 Å². The van der Waals surface area contributed by atoms with Crippen LogP contribution in [0.4, 0.5) is 0 Å². The second-order valence-corrected chi connectivity index (χ2v) is 6.97. The first-order valence-electron chi connectivity index (χ1n) is 3.25. The number of hydrogen-bond acceptors (Lipinski definition) is 6. The van der Waals surface area contributed by atoms with Crippen molar-refractivity contribution in [3.63, 3.8) is 0 Å². The molecule has 0 saturated heterocycles. The molecule has 0 fully saturated rings. The molecule has 0 saturated carbocycles. The summed E-state index contributed by atoms with van der Waals surface area (Å²) in [7, 11) is 5.34. The lowest BCUT2D eigenvalue weighted by molar-refractivity contribution is 0.983. The topological polar surface area (TPSA) is 47.4 Å². The summed E-state index contributed by atoms with van der Waals surface area (Å²) in [4.78, 5) is 7.99. The van der Waals surface area contributed by atoms with Crippen molar-refractivity contribution in [1.82, 2.24) is 15.0 Å². The molecular weight excluding hydrogens is 294 g/mol. The Hall–Kier alpha value is 0.460. The monoisotopic (exact) mass is 299 g/mol. The van der Waals surface area contributed by atoms with Crippen LogP contribution in [0.5, 0.6) is 0 Å². The highest BCUT2D eigenvalue weighted by Crippen LogP contribution is 2.42. The van der Waals surface area contributed by atoms with Crippen LogP contribution in [0.3, 0.4) is 0 Å². The smallest absolute Gasteiger partial charge is 0.178 e. The molecule has 0 radical (unpaired) electrons. The Balaban J connectivity index is 0.000000165. The zero-order chi connectivity index (χ0) is 10.4. The third-order valence-electron chi connectivity index (χ3n) is 0.926. The number of aromatic nitrogens is 3. The van der Waals surface area contributed by atoms with Crippen LogP contribution in [0.15, 0.2) is 10.8 Å². The highest BCUT2D eigenvalue weighted by Gasteiger charge is 1.87. The molecule has 0 unspecified atom stereocenters. The molecule has 0 aromatic carbocycles. The van der Waals surface area contributed by atoms with E-state index < -0.39 is 0 Å². The molecule has 76 valence electrons. The fraction of sp³-hybridized carbons (Fsp3) is 0. The van der Waals surface area contributed by atoms with E-state index in [2.05, 4.69) is 25.8 Å². The quantitative estimate of drug-likeness (QED) is 0.489. The van der Waals surface area contributed by atoms with Gasteiger partial charge in [0.15, 0.2) is 14.3 Å². The van der Waals surface area contributed by atoms with Gasteiger partial charge < -0.3 is 15.0 Å². The highest BCUT2D eigenvalue weighted by molar-refractivity contribution is 9.11. The van der Waals surface area contributed by atoms with E-state index in [9.17, 15) is 0 Å². The number of aromatic amines is 3. The Bertz CT molecular complexity index is 383. The minimum Gasteiger partial charge on any atom is -0.309 e. The van der Waals surface area contributed by atoms with Gasteiger partial charge >= 0.3 is 0 Å². The standard InChI is InChI=1S/C3H3N3S3.C2H2S3/c7-1-4-2(8)6-3(9)5-1;1-2-4-5-3-1/h(H3,4,5,6,7,8,9);1-2H. The average molecular weight is 300 g/mol. The van der Waals surface area contributed by atoms with Crippen LogP contribution in [0.2, 0.25) is 0 Å². The largest absolute Gasteiger partial charge is 0.309 e. The molecule has 0 amide bonds. The SMILES string of the molecule is C1=CSSS1.S=c1[nH]c(=S)[nH]c(=S)[nH]1. The average Bonchev–Trinajstić information content (AvgIpc) is 2.56. The molecule has 9 heteroatoms. The maximum Gasteiger partial charge on any atom is 0.178 e. The number of nitrogens with one attached hydrogen (secondary N) is 3. The van der Waals surface area contributed by atoms with Crippen LogP contribution >= 0.6 is 68.1 Å². The van der Waals surface area contributed by atoms with Gasteiger partial charge in [-0.25, -0.2) is 0 Å². The minimum absolute atomic E-state index is 0.448. The molecule has 3 nitrogen and oxygen atoms in total. The molecule has 1 aromatic heterocycles. The Labute approximate surface area is 107 Å². The van der Waals surface area contributed by atoms with E-state index in [0.717, 1.165) is 0 Å². The zero-order valence-corrected chi connectivity index (χ0v) is 11.5. The van der Waals surface area contributed by atoms with Crippen molar-refractivity contribution in [1.29, 1.82) is 0 Å². The van der Waals surface area contributed by atoms with Crippen LogP contribution in [-0.4, -0.2) is 15.0 Å². The fourth-order valence-electron chi connectivity index (χ4n) is 0.516. The summed E-state index contributed by atoms with van der Waals surface area (Å²) >= 11 is 14.2. The summed E-state index contributed by atoms with van der Waals surface area (Å²) in [5, 5.41) is 4.16. The van der Waals surface area contributed by atoms with Gasteiger partial charge in [0.05, 0.1) is 0 Å². The normalized spacial score (nSPS) is 13.4. The lowest BCUT2D eigenvalue weighted by Gasteiger charge is -1.84. The molecule has 1 aromatic rings. The Morgan fingerprint density at radius 2 is 1.14 bits per heavy atom. The molecule has 2 heterocycles. The molecule has 0 aliphatic carbocycles. The van der Waals surface area contributed by atoms with E-state index in [-0.39, 0.29) is 0 Å². The zero-order valence-electron chi connectivity index (χ0n) is 6.60. The lowest BCUT2D eigenvalue weighted by Crippen LogP contribution is -1.86. The van der Waals surface area contributed by atoms with Crippen molar-refractivity contribution in [2.24, 2.45) is 0 Å². The Morgan fingerprint density at radius 3 is 1.36 bits per heavy atom. The first-order valence-corrected chi connectivity index (χ1v) is 8.08. The molecule has 0 atom stereocenters. The van der Waals surface area contributed by atoms with Gasteiger partial charge in [0.2, 0.25) is 0 Å². The van der Waals surface area contributed by atoms with E-state index in [1.807, 2.05) is 0 Å². The van der Waals surface area contributed by atoms with Crippen LogP contribution in [0.25, 0.3) is 0 Å². The second kappa shape index (κ2) is 6.85. The summed E-state index contributed by atoms with van der Waals surface area (Å²) in [5.41, 5.74) is 0. The van der Waals surface area contributed by atoms with Crippen LogP contribution in [-0.2, 0) is 0 Å². The Kier molecular flexibility index (Phi) is 6.13. The van der Waals surface area contributed by atoms with E-state index in [4.69, 9.17) is 36.7 Å². The third kappa shape index (κ3) is 5.37. The van der Waals surface area contributed by atoms with Gasteiger partial charge in [-0.15, -0.1) is 0 Å². The van der Waals surface area contributed by atoms with Crippen molar-refractivity contribution in [2.45, 2.75) is 0 Å². The first-order chi connectivity index (χ1) is 6.68. The fourth-order valence-corrected chi connectivity index (χ4v) is 4.27. The summed E-state index contributed by atoms with van der Waals surface area (Å²) in [6.45, 7) is 0. The molecule has 1 aliphatic heterocycles.